The lowest BCUT2D eigenvalue weighted by molar-refractivity contribution is -0.160. The number of nitrogens with zero attached hydrogens (tertiary/aromatic N) is 1. The lowest BCUT2D eigenvalue weighted by Gasteiger charge is -2.27. The normalized spacial score (nSPS) is 22.3. The third-order valence-electron chi connectivity index (χ3n) is 2.96. The second-order valence-electron chi connectivity index (χ2n) is 4.31. The molecule has 8 nitrogen and oxygen atoms in total. The van der Waals surface area contributed by atoms with E-state index in [1.165, 1.54) is 4.90 Å². The highest BCUT2D eigenvalue weighted by Gasteiger charge is 2.38. The highest BCUT2D eigenvalue weighted by Crippen LogP contribution is 2.13. The van der Waals surface area contributed by atoms with E-state index in [2.05, 4.69) is 0 Å². The van der Waals surface area contributed by atoms with Gasteiger partial charge in [-0.1, -0.05) is 0 Å². The molecule has 0 unspecified atom stereocenters. The van der Waals surface area contributed by atoms with Crippen molar-refractivity contribution in [1.82, 2.24) is 4.90 Å². The Hall–Kier alpha value is -1.22. The van der Waals surface area contributed by atoms with Crippen molar-refractivity contribution in [3.05, 3.63) is 0 Å². The molecular weight excluding hydrogens is 244 g/mol. The minimum atomic E-state index is -2.04. The van der Waals surface area contributed by atoms with E-state index in [0.29, 0.717) is 13.1 Å². The number of carbonyl (C=O) groups excluding carboxylic acids is 2. The Balaban J connectivity index is 2.61. The predicted molar refractivity (Wildman–Crippen MR) is 59.0 cm³/mol. The van der Waals surface area contributed by atoms with Gasteiger partial charge in [0.25, 0.3) is 5.91 Å². The smallest absolute Gasteiger partial charge is 0.254 e. The molecule has 1 aliphatic rings. The Morgan fingerprint density at radius 3 is 1.83 bits per heavy atom. The van der Waals surface area contributed by atoms with Crippen LogP contribution < -0.4 is 5.73 Å². The van der Waals surface area contributed by atoms with Crippen LogP contribution in [0.5, 0.6) is 0 Å². The summed E-state index contributed by atoms with van der Waals surface area (Å²) in [6.45, 7) is 0.939. The number of rotatable bonds is 5. The molecular formula is C10H18N2O6. The van der Waals surface area contributed by atoms with Gasteiger partial charge in [0.1, 0.15) is 12.2 Å². The summed E-state index contributed by atoms with van der Waals surface area (Å²) in [6.07, 6.45) is -6.31. The van der Waals surface area contributed by atoms with E-state index in [1.807, 2.05) is 0 Å². The van der Waals surface area contributed by atoms with Gasteiger partial charge in [-0.15, -0.1) is 0 Å². The van der Waals surface area contributed by atoms with Gasteiger partial charge in [0.05, 0.1) is 0 Å². The van der Waals surface area contributed by atoms with Crippen LogP contribution in [-0.2, 0) is 9.59 Å². The summed E-state index contributed by atoms with van der Waals surface area (Å²) >= 11 is 0. The molecule has 1 saturated heterocycles. The monoisotopic (exact) mass is 262 g/mol. The summed E-state index contributed by atoms with van der Waals surface area (Å²) in [5.41, 5.74) is 4.74. The number of primary amides is 1. The Morgan fingerprint density at radius 1 is 0.944 bits per heavy atom. The van der Waals surface area contributed by atoms with Crippen molar-refractivity contribution in [2.24, 2.45) is 5.73 Å². The van der Waals surface area contributed by atoms with Crippen molar-refractivity contribution in [3.8, 4) is 0 Å². The zero-order valence-corrected chi connectivity index (χ0v) is 9.77. The standard InChI is InChI=1S/C10H18N2O6/c11-9(17)7(15)5(13)6(14)8(16)10(18)12-3-1-2-4-12/h5-8,13-16H,1-4H2,(H2,11,17)/t5-,6+,7+,8-/m1/s1. The lowest BCUT2D eigenvalue weighted by atomic mass is 10.0. The summed E-state index contributed by atoms with van der Waals surface area (Å²) in [5, 5.41) is 37.6. The molecule has 2 amide bonds. The third-order valence-corrected chi connectivity index (χ3v) is 2.96. The summed E-state index contributed by atoms with van der Waals surface area (Å²) in [6, 6.07) is 0. The maximum Gasteiger partial charge on any atom is 0.254 e. The molecule has 1 fully saturated rings. The van der Waals surface area contributed by atoms with Crippen LogP contribution in [0, 0.1) is 0 Å². The predicted octanol–water partition coefficient (Wildman–Crippen LogP) is -3.46. The first kappa shape index (κ1) is 14.8. The van der Waals surface area contributed by atoms with Crippen LogP contribution in [0.25, 0.3) is 0 Å². The number of aliphatic hydroxyl groups is 4. The molecule has 0 saturated carbocycles. The fraction of sp³-hybridized carbons (Fsp3) is 0.800. The largest absolute Gasteiger partial charge is 0.387 e. The van der Waals surface area contributed by atoms with Gasteiger partial charge in [-0.05, 0) is 12.8 Å². The van der Waals surface area contributed by atoms with Crippen molar-refractivity contribution >= 4 is 11.8 Å². The molecule has 0 radical (unpaired) electrons. The first-order chi connectivity index (χ1) is 8.36. The minimum absolute atomic E-state index is 0.469. The fourth-order valence-electron chi connectivity index (χ4n) is 1.81. The van der Waals surface area contributed by atoms with Gasteiger partial charge in [-0.2, -0.15) is 0 Å². The molecule has 1 aliphatic heterocycles. The molecule has 104 valence electrons. The minimum Gasteiger partial charge on any atom is -0.387 e. The number of hydrogen-bond donors (Lipinski definition) is 5. The highest BCUT2D eigenvalue weighted by molar-refractivity contribution is 5.82. The van der Waals surface area contributed by atoms with E-state index in [9.17, 15) is 24.9 Å². The van der Waals surface area contributed by atoms with Gasteiger partial charge in [0.15, 0.2) is 12.2 Å². The van der Waals surface area contributed by atoms with E-state index in [1.54, 1.807) is 0 Å². The molecule has 1 heterocycles. The van der Waals surface area contributed by atoms with E-state index in [4.69, 9.17) is 10.8 Å². The molecule has 0 aromatic rings. The summed E-state index contributed by atoms with van der Waals surface area (Å²) in [5.74, 6) is -1.99. The zero-order chi connectivity index (χ0) is 13.9. The van der Waals surface area contributed by atoms with Crippen LogP contribution in [0.3, 0.4) is 0 Å². The molecule has 0 aromatic heterocycles. The van der Waals surface area contributed by atoms with Crippen LogP contribution >= 0.6 is 0 Å². The average Bonchev–Trinajstić information content (AvgIpc) is 2.87. The molecule has 0 aliphatic carbocycles. The number of likely N-dealkylation sites (tertiary alicyclic amines) is 1. The fourth-order valence-corrected chi connectivity index (χ4v) is 1.81. The van der Waals surface area contributed by atoms with E-state index >= 15 is 0 Å². The topological polar surface area (TPSA) is 144 Å². The van der Waals surface area contributed by atoms with Crippen LogP contribution in [0.2, 0.25) is 0 Å². The molecule has 1 rings (SSSR count). The number of aliphatic hydroxyl groups excluding tert-OH is 4. The summed E-state index contributed by atoms with van der Waals surface area (Å²) < 4.78 is 0. The maximum absolute atomic E-state index is 11.7. The van der Waals surface area contributed by atoms with Gasteiger partial charge >= 0.3 is 0 Å². The van der Waals surface area contributed by atoms with Crippen LogP contribution in [0.15, 0.2) is 0 Å². The second-order valence-corrected chi connectivity index (χ2v) is 4.31. The molecule has 4 atom stereocenters. The maximum atomic E-state index is 11.7. The van der Waals surface area contributed by atoms with Crippen molar-refractivity contribution < 1.29 is 30.0 Å². The Kier molecular flexibility index (Phi) is 5.03. The molecule has 8 heteroatoms. The first-order valence-corrected chi connectivity index (χ1v) is 5.66. The van der Waals surface area contributed by atoms with Crippen molar-refractivity contribution in [1.29, 1.82) is 0 Å². The first-order valence-electron chi connectivity index (χ1n) is 5.66. The zero-order valence-electron chi connectivity index (χ0n) is 9.77. The molecule has 0 aromatic carbocycles. The van der Waals surface area contributed by atoms with Gasteiger partial charge in [0, 0.05) is 13.1 Å². The molecule has 0 bridgehead atoms. The van der Waals surface area contributed by atoms with Crippen LogP contribution in [0.4, 0.5) is 0 Å². The van der Waals surface area contributed by atoms with Crippen molar-refractivity contribution in [3.63, 3.8) is 0 Å². The van der Waals surface area contributed by atoms with Gasteiger partial charge < -0.3 is 31.1 Å². The van der Waals surface area contributed by atoms with Gasteiger partial charge in [-0.25, -0.2) is 0 Å². The van der Waals surface area contributed by atoms with Crippen LogP contribution in [-0.4, -0.2) is 74.6 Å². The Morgan fingerprint density at radius 2 is 1.39 bits per heavy atom. The van der Waals surface area contributed by atoms with Gasteiger partial charge in [-0.3, -0.25) is 9.59 Å². The van der Waals surface area contributed by atoms with Gasteiger partial charge in [0.2, 0.25) is 5.91 Å². The molecule has 6 N–H and O–H groups in total. The van der Waals surface area contributed by atoms with E-state index in [0.717, 1.165) is 12.8 Å². The molecule has 18 heavy (non-hydrogen) atoms. The number of nitrogens with two attached hydrogens (primary N) is 1. The SMILES string of the molecule is NC(=O)[C@@H](O)[C@H](O)[C@H](O)[C@@H](O)C(=O)N1CCCC1. The van der Waals surface area contributed by atoms with E-state index in [-0.39, 0.29) is 0 Å². The van der Waals surface area contributed by atoms with Crippen LogP contribution in [0.1, 0.15) is 12.8 Å². The van der Waals surface area contributed by atoms with E-state index < -0.39 is 36.2 Å². The number of carbonyl (C=O) groups is 2. The van der Waals surface area contributed by atoms with Crippen molar-refractivity contribution in [2.45, 2.75) is 37.3 Å². The number of amides is 2. The number of hydrogen-bond acceptors (Lipinski definition) is 6. The van der Waals surface area contributed by atoms with Crippen molar-refractivity contribution in [2.75, 3.05) is 13.1 Å². The quantitative estimate of drug-likeness (QED) is 0.348. The Bertz CT molecular complexity index is 317. The average molecular weight is 262 g/mol. The third kappa shape index (κ3) is 3.16. The second kappa shape index (κ2) is 6.10. The summed E-state index contributed by atoms with van der Waals surface area (Å²) in [7, 11) is 0. The lowest BCUT2D eigenvalue weighted by Crippen LogP contribution is -2.54. The molecule has 0 spiro atoms. The summed E-state index contributed by atoms with van der Waals surface area (Å²) in [4.78, 5) is 23.7. The highest BCUT2D eigenvalue weighted by atomic mass is 16.4. The Labute approximate surface area is 104 Å².